The lowest BCUT2D eigenvalue weighted by Gasteiger charge is -2.18. The largest absolute Gasteiger partial charge is 0.381 e. The van der Waals surface area contributed by atoms with E-state index in [-0.39, 0.29) is 13.2 Å². The first-order valence-electron chi connectivity index (χ1n) is 4.70. The number of ether oxygens (including phenoxy) is 2. The fourth-order valence-corrected chi connectivity index (χ4v) is 0.950. The molecule has 0 N–H and O–H groups in total. The van der Waals surface area contributed by atoms with E-state index in [2.05, 4.69) is 10.2 Å². The summed E-state index contributed by atoms with van der Waals surface area (Å²) in [5.41, 5.74) is -2.14. The van der Waals surface area contributed by atoms with Crippen LogP contribution < -0.4 is 0 Å². The zero-order valence-corrected chi connectivity index (χ0v) is 10.0. The third-order valence-electron chi connectivity index (χ3n) is 1.82. The molecular formula is C10H16N4O2. The van der Waals surface area contributed by atoms with E-state index in [9.17, 15) is 0 Å². The molecule has 6 heteroatoms. The molecule has 2 unspecified atom stereocenters. The number of hydrogen-bond acceptors (Lipinski definition) is 6. The lowest BCUT2D eigenvalue weighted by atomic mass is 10.1. The highest BCUT2D eigenvalue weighted by molar-refractivity contribution is 5.07. The smallest absolute Gasteiger partial charge is 0.187 e. The molecule has 0 rings (SSSR count). The van der Waals surface area contributed by atoms with Gasteiger partial charge in [0.2, 0.25) is 0 Å². The van der Waals surface area contributed by atoms with Crippen LogP contribution in [0, 0.1) is 22.7 Å². The van der Waals surface area contributed by atoms with Crippen molar-refractivity contribution in [2.24, 2.45) is 10.2 Å². The fourth-order valence-electron chi connectivity index (χ4n) is 0.950. The van der Waals surface area contributed by atoms with Gasteiger partial charge in [0, 0.05) is 14.2 Å². The van der Waals surface area contributed by atoms with Crippen molar-refractivity contribution in [3.8, 4) is 12.1 Å². The Balaban J connectivity index is 4.80. The number of nitriles is 2. The van der Waals surface area contributed by atoms with E-state index in [0.29, 0.717) is 0 Å². The standard InChI is InChI=1S/C10H16N4O2/c1-9(5-11,7-15-3)13-14-10(2,6-12)8-16-4/h7-8H2,1-4H3. The number of nitrogens with zero attached hydrogens (tertiary/aromatic N) is 4. The molecular weight excluding hydrogens is 208 g/mol. The van der Waals surface area contributed by atoms with E-state index in [4.69, 9.17) is 20.0 Å². The third kappa shape index (κ3) is 4.35. The monoisotopic (exact) mass is 224 g/mol. The summed E-state index contributed by atoms with van der Waals surface area (Å²) in [7, 11) is 2.95. The van der Waals surface area contributed by atoms with Crippen molar-refractivity contribution in [1.82, 2.24) is 0 Å². The molecule has 0 bridgehead atoms. The highest BCUT2D eigenvalue weighted by Crippen LogP contribution is 2.16. The molecule has 16 heavy (non-hydrogen) atoms. The molecule has 88 valence electrons. The molecule has 0 aliphatic heterocycles. The summed E-state index contributed by atoms with van der Waals surface area (Å²) in [6.07, 6.45) is 0. The van der Waals surface area contributed by atoms with Crippen LogP contribution in [0.25, 0.3) is 0 Å². The Morgan fingerprint density at radius 2 is 1.25 bits per heavy atom. The van der Waals surface area contributed by atoms with E-state index in [1.807, 2.05) is 12.1 Å². The number of azo groups is 1. The predicted molar refractivity (Wildman–Crippen MR) is 56.6 cm³/mol. The minimum Gasteiger partial charge on any atom is -0.381 e. The Morgan fingerprint density at radius 1 is 0.938 bits per heavy atom. The quantitative estimate of drug-likeness (QED) is 0.636. The second-order valence-electron chi connectivity index (χ2n) is 3.84. The van der Waals surface area contributed by atoms with Crippen LogP contribution in [0.15, 0.2) is 10.2 Å². The zero-order chi connectivity index (χ0) is 12.7. The van der Waals surface area contributed by atoms with E-state index in [1.165, 1.54) is 14.2 Å². The van der Waals surface area contributed by atoms with Crippen LogP contribution in [-0.4, -0.2) is 38.5 Å². The average Bonchev–Trinajstić information content (AvgIpc) is 2.27. The van der Waals surface area contributed by atoms with Crippen LogP contribution in [0.1, 0.15) is 13.8 Å². The van der Waals surface area contributed by atoms with Crippen molar-refractivity contribution in [3.63, 3.8) is 0 Å². The Kier molecular flexibility index (Phi) is 5.59. The topological polar surface area (TPSA) is 90.8 Å². The van der Waals surface area contributed by atoms with Crippen LogP contribution in [0.3, 0.4) is 0 Å². The zero-order valence-electron chi connectivity index (χ0n) is 10.0. The first-order valence-corrected chi connectivity index (χ1v) is 4.70. The predicted octanol–water partition coefficient (Wildman–Crippen LogP) is 1.30. The average molecular weight is 224 g/mol. The van der Waals surface area contributed by atoms with Crippen molar-refractivity contribution in [2.45, 2.75) is 24.9 Å². The maximum Gasteiger partial charge on any atom is 0.187 e. The number of methoxy groups -OCH3 is 2. The van der Waals surface area contributed by atoms with Gasteiger partial charge in [0.05, 0.1) is 25.4 Å². The van der Waals surface area contributed by atoms with Gasteiger partial charge < -0.3 is 9.47 Å². The van der Waals surface area contributed by atoms with Gasteiger partial charge in [-0.05, 0) is 13.8 Å². The number of hydrogen-bond donors (Lipinski definition) is 0. The summed E-state index contributed by atoms with van der Waals surface area (Å²) in [6.45, 7) is 3.43. The highest BCUT2D eigenvalue weighted by atomic mass is 16.5. The van der Waals surface area contributed by atoms with Crippen LogP contribution in [0.5, 0.6) is 0 Å². The molecule has 0 amide bonds. The maximum atomic E-state index is 8.92. The Hall–Kier alpha value is -1.50. The summed E-state index contributed by atoms with van der Waals surface area (Å²) in [5.74, 6) is 0. The molecule has 0 heterocycles. The molecule has 0 aromatic rings. The van der Waals surface area contributed by atoms with Crippen LogP contribution in [0.2, 0.25) is 0 Å². The van der Waals surface area contributed by atoms with Gasteiger partial charge in [-0.2, -0.15) is 20.8 Å². The fraction of sp³-hybridized carbons (Fsp3) is 0.800. The van der Waals surface area contributed by atoms with Gasteiger partial charge in [-0.25, -0.2) is 0 Å². The second kappa shape index (κ2) is 6.16. The minimum absolute atomic E-state index is 0.126. The van der Waals surface area contributed by atoms with Crippen molar-refractivity contribution >= 4 is 0 Å². The molecule has 0 fully saturated rings. The second-order valence-corrected chi connectivity index (χ2v) is 3.84. The first kappa shape index (κ1) is 14.5. The molecule has 0 radical (unpaired) electrons. The summed E-state index contributed by atoms with van der Waals surface area (Å²) >= 11 is 0. The lowest BCUT2D eigenvalue weighted by molar-refractivity contribution is 0.147. The molecule has 0 saturated carbocycles. The Labute approximate surface area is 95.5 Å². The molecule has 0 aromatic heterocycles. The van der Waals surface area contributed by atoms with Gasteiger partial charge in [-0.3, -0.25) is 0 Å². The Bertz CT molecular complexity index is 299. The van der Waals surface area contributed by atoms with Crippen molar-refractivity contribution in [2.75, 3.05) is 27.4 Å². The van der Waals surface area contributed by atoms with Gasteiger partial charge in [0.15, 0.2) is 11.1 Å². The molecule has 2 atom stereocenters. The molecule has 0 spiro atoms. The summed E-state index contributed by atoms with van der Waals surface area (Å²) in [4.78, 5) is 0. The van der Waals surface area contributed by atoms with Crippen LogP contribution in [-0.2, 0) is 9.47 Å². The summed E-state index contributed by atoms with van der Waals surface area (Å²) in [5, 5.41) is 25.6. The van der Waals surface area contributed by atoms with Gasteiger partial charge >= 0.3 is 0 Å². The van der Waals surface area contributed by atoms with Gasteiger partial charge in [-0.15, -0.1) is 0 Å². The van der Waals surface area contributed by atoms with E-state index < -0.39 is 11.1 Å². The lowest BCUT2D eigenvalue weighted by Crippen LogP contribution is -2.30. The molecule has 0 saturated heterocycles. The number of rotatable bonds is 6. The van der Waals surface area contributed by atoms with E-state index >= 15 is 0 Å². The summed E-state index contributed by atoms with van der Waals surface area (Å²) < 4.78 is 9.73. The van der Waals surface area contributed by atoms with Gasteiger partial charge in [0.25, 0.3) is 0 Å². The van der Waals surface area contributed by atoms with Gasteiger partial charge in [-0.1, -0.05) is 0 Å². The molecule has 0 aromatic carbocycles. The maximum absolute atomic E-state index is 8.92. The van der Waals surface area contributed by atoms with Crippen molar-refractivity contribution in [3.05, 3.63) is 0 Å². The molecule has 0 aliphatic rings. The first-order chi connectivity index (χ1) is 7.45. The minimum atomic E-state index is -1.07. The normalized spacial score (nSPS) is 18.4. The van der Waals surface area contributed by atoms with Crippen LogP contribution in [0.4, 0.5) is 0 Å². The summed E-state index contributed by atoms with van der Waals surface area (Å²) in [6, 6.07) is 3.97. The van der Waals surface area contributed by atoms with Crippen molar-refractivity contribution < 1.29 is 9.47 Å². The highest BCUT2D eigenvalue weighted by Gasteiger charge is 2.28. The Morgan fingerprint density at radius 3 is 1.44 bits per heavy atom. The third-order valence-corrected chi connectivity index (χ3v) is 1.82. The SMILES string of the molecule is COCC(C)(C#N)N=NC(C)(C#N)COC. The van der Waals surface area contributed by atoms with Crippen molar-refractivity contribution in [1.29, 1.82) is 10.5 Å². The van der Waals surface area contributed by atoms with Gasteiger partial charge in [0.1, 0.15) is 0 Å². The van der Waals surface area contributed by atoms with E-state index in [1.54, 1.807) is 13.8 Å². The molecule has 6 nitrogen and oxygen atoms in total. The van der Waals surface area contributed by atoms with E-state index in [0.717, 1.165) is 0 Å². The van der Waals surface area contributed by atoms with Crippen LogP contribution >= 0.6 is 0 Å². The molecule has 0 aliphatic carbocycles.